The van der Waals surface area contributed by atoms with Crippen molar-refractivity contribution in [1.82, 2.24) is 0 Å². The number of quaternary nitrogens is 1. The summed E-state index contributed by atoms with van der Waals surface area (Å²) in [5.74, 6) is 0. The molecule has 150 valence electrons. The fraction of sp³-hybridized carbons (Fsp3) is 1.00. The average Bonchev–Trinajstić information content (AvgIpc) is 2.72. The first-order chi connectivity index (χ1) is 12.4. The molecule has 26 heavy (non-hydrogen) atoms. The van der Waals surface area contributed by atoms with Crippen LogP contribution in [-0.4, -0.2) is 37.1 Å². The van der Waals surface area contributed by atoms with Crippen LogP contribution in [0.4, 0.5) is 0 Å². The van der Waals surface area contributed by atoms with Gasteiger partial charge < -0.3 is 4.48 Å². The van der Waals surface area contributed by atoms with Crippen molar-refractivity contribution >= 4 is 8.41 Å². The van der Waals surface area contributed by atoms with Gasteiger partial charge in [0.25, 0.3) is 0 Å². The summed E-state index contributed by atoms with van der Waals surface area (Å²) < 4.78 is 1.67. The van der Waals surface area contributed by atoms with Crippen LogP contribution < -0.4 is 0 Å². The second kappa shape index (κ2) is 9.99. The van der Waals surface area contributed by atoms with Crippen LogP contribution in [-0.2, 0) is 0 Å². The van der Waals surface area contributed by atoms with Gasteiger partial charge in [0.2, 0.25) is 0 Å². The van der Waals surface area contributed by atoms with E-state index < -0.39 is 0 Å². The highest BCUT2D eigenvalue weighted by molar-refractivity contribution is 5.75. The van der Waals surface area contributed by atoms with Crippen molar-refractivity contribution in [1.29, 1.82) is 0 Å². The summed E-state index contributed by atoms with van der Waals surface area (Å²) >= 11 is 0. The molecule has 0 spiro atoms. The molecule has 0 aromatic heterocycles. The fourth-order valence-electron chi connectivity index (χ4n) is 7.90. The van der Waals surface area contributed by atoms with E-state index in [9.17, 15) is 0 Å². The summed E-state index contributed by atoms with van der Waals surface area (Å²) in [6, 6.07) is 4.18. The van der Waals surface area contributed by atoms with Crippen molar-refractivity contribution in [3.63, 3.8) is 0 Å². The van der Waals surface area contributed by atoms with Crippen molar-refractivity contribution in [2.45, 2.75) is 153 Å². The zero-order chi connectivity index (χ0) is 17.0. The van der Waals surface area contributed by atoms with Gasteiger partial charge in [-0.05, 0) is 103 Å². The van der Waals surface area contributed by atoms with Crippen molar-refractivity contribution in [2.24, 2.45) is 0 Å². The predicted octanol–water partition coefficient (Wildman–Crippen LogP) is 5.95. The maximum absolute atomic E-state index is 1.67. The van der Waals surface area contributed by atoms with Crippen LogP contribution in [0.1, 0.15) is 128 Å². The predicted molar refractivity (Wildman–Crippen MR) is 118 cm³/mol. The Morgan fingerprint density at radius 3 is 0.692 bits per heavy atom. The molecule has 0 saturated heterocycles. The van der Waals surface area contributed by atoms with Gasteiger partial charge in [0.05, 0.1) is 32.6 Å². The Bertz CT molecular complexity index is 308. The van der Waals surface area contributed by atoms with Crippen LogP contribution in [0.15, 0.2) is 0 Å². The fourth-order valence-corrected chi connectivity index (χ4v) is 7.90. The number of nitrogens with zero attached hydrogens (tertiary/aromatic N) is 1. The lowest BCUT2D eigenvalue weighted by atomic mass is 9.76. The quantitative estimate of drug-likeness (QED) is 0.429. The third kappa shape index (κ3) is 4.06. The summed E-state index contributed by atoms with van der Waals surface area (Å²) in [6.07, 6.45) is 31.0. The molecule has 1 nitrogen and oxygen atoms in total. The topological polar surface area (TPSA) is 0 Å². The lowest BCUT2D eigenvalue weighted by Gasteiger charge is -2.62. The molecule has 0 N–H and O–H groups in total. The highest BCUT2D eigenvalue weighted by Gasteiger charge is 2.53. The van der Waals surface area contributed by atoms with Crippen LogP contribution in [0, 0.1) is 0 Å². The SMILES string of the molecule is B.C1CCC([N+](C2CCCCC2)(C2CCCCC2)C2CCCCC2)CC1. The molecule has 4 saturated carbocycles. The Morgan fingerprint density at radius 2 is 0.500 bits per heavy atom. The van der Waals surface area contributed by atoms with Gasteiger partial charge in [0, 0.05) is 0 Å². The lowest BCUT2D eigenvalue weighted by molar-refractivity contribution is -1.02. The molecule has 0 bridgehead atoms. The maximum atomic E-state index is 1.67. The molecular weight excluding hydrogens is 313 g/mol. The van der Waals surface area contributed by atoms with E-state index in [1.54, 1.807) is 55.8 Å². The molecule has 4 fully saturated rings. The molecule has 0 radical (unpaired) electrons. The third-order valence-electron chi connectivity index (χ3n) is 8.83. The average molecular weight is 360 g/mol. The van der Waals surface area contributed by atoms with Gasteiger partial charge in [-0.2, -0.15) is 0 Å². The number of hydrogen-bond donors (Lipinski definition) is 0. The zero-order valence-electron chi connectivity index (χ0n) is 16.9. The molecule has 0 heterocycles. The minimum Gasteiger partial charge on any atom is -0.314 e. The molecule has 4 aliphatic rings. The monoisotopic (exact) mass is 360 g/mol. The highest BCUT2D eigenvalue weighted by Crippen LogP contribution is 2.47. The molecule has 0 unspecified atom stereocenters. The van der Waals surface area contributed by atoms with E-state index in [4.69, 9.17) is 0 Å². The second-order valence-corrected chi connectivity index (χ2v) is 10.1. The molecule has 2 heteroatoms. The molecule has 0 atom stereocenters. The summed E-state index contributed by atoms with van der Waals surface area (Å²) in [4.78, 5) is 0. The largest absolute Gasteiger partial charge is 0.314 e. The van der Waals surface area contributed by atoms with E-state index in [0.717, 1.165) is 24.2 Å². The minimum absolute atomic E-state index is 0. The summed E-state index contributed by atoms with van der Waals surface area (Å²) in [6.45, 7) is 0. The van der Waals surface area contributed by atoms with Crippen molar-refractivity contribution in [2.75, 3.05) is 0 Å². The van der Waals surface area contributed by atoms with E-state index in [2.05, 4.69) is 0 Å². The first-order valence-electron chi connectivity index (χ1n) is 12.3. The van der Waals surface area contributed by atoms with E-state index in [1.165, 1.54) is 77.0 Å². The Labute approximate surface area is 165 Å². The van der Waals surface area contributed by atoms with Gasteiger partial charge in [0.15, 0.2) is 0 Å². The van der Waals surface area contributed by atoms with Gasteiger partial charge in [-0.15, -0.1) is 0 Å². The van der Waals surface area contributed by atoms with Gasteiger partial charge in [-0.3, -0.25) is 0 Å². The molecule has 4 rings (SSSR count). The summed E-state index contributed by atoms with van der Waals surface area (Å²) in [7, 11) is 0. The molecule has 0 aromatic rings. The minimum atomic E-state index is 0. The normalized spacial score (nSPS) is 28.6. The molecular formula is C24H47BN+. The molecule has 0 aromatic carbocycles. The number of rotatable bonds is 4. The van der Waals surface area contributed by atoms with Crippen LogP contribution >= 0.6 is 0 Å². The van der Waals surface area contributed by atoms with Crippen LogP contribution in [0.2, 0.25) is 0 Å². The van der Waals surface area contributed by atoms with E-state index >= 15 is 0 Å². The molecule has 0 aliphatic heterocycles. The van der Waals surface area contributed by atoms with E-state index in [0.29, 0.717) is 0 Å². The Balaban J connectivity index is 0.00000196. The lowest BCUT2D eigenvalue weighted by Crippen LogP contribution is -2.72. The first-order valence-corrected chi connectivity index (χ1v) is 12.3. The van der Waals surface area contributed by atoms with Gasteiger partial charge >= 0.3 is 0 Å². The van der Waals surface area contributed by atoms with Crippen molar-refractivity contribution < 1.29 is 4.48 Å². The molecule has 0 amide bonds. The van der Waals surface area contributed by atoms with Crippen LogP contribution in [0.3, 0.4) is 0 Å². The highest BCUT2D eigenvalue weighted by atomic mass is 15.4. The standard InChI is InChI=1S/C24H44N.BH3/c1-5-13-21(14-6-1)25(22-15-7-2-8-16-22,23-17-9-3-10-18-23)24-19-11-4-12-20-24;/h21-24H,1-20H2;1H3/q+1;. The van der Waals surface area contributed by atoms with Gasteiger partial charge in [-0.1, -0.05) is 25.7 Å². The van der Waals surface area contributed by atoms with Crippen LogP contribution in [0.5, 0.6) is 0 Å². The molecule has 4 aliphatic carbocycles. The number of hydrogen-bond acceptors (Lipinski definition) is 0. The smallest absolute Gasteiger partial charge is 0.0896 e. The first kappa shape index (κ1) is 20.8. The van der Waals surface area contributed by atoms with Gasteiger partial charge in [-0.25, -0.2) is 0 Å². The second-order valence-electron chi connectivity index (χ2n) is 10.1. The Morgan fingerprint density at radius 1 is 0.308 bits per heavy atom. The Hall–Kier alpha value is 0.0249. The zero-order valence-corrected chi connectivity index (χ0v) is 16.9. The summed E-state index contributed by atoms with van der Waals surface area (Å²) in [5.41, 5.74) is 0. The van der Waals surface area contributed by atoms with Crippen molar-refractivity contribution in [3.05, 3.63) is 0 Å². The summed E-state index contributed by atoms with van der Waals surface area (Å²) in [5, 5.41) is 0. The van der Waals surface area contributed by atoms with Crippen molar-refractivity contribution in [3.8, 4) is 0 Å². The Kier molecular flexibility index (Phi) is 7.97. The van der Waals surface area contributed by atoms with E-state index in [-0.39, 0.29) is 8.41 Å². The van der Waals surface area contributed by atoms with Gasteiger partial charge in [0.1, 0.15) is 0 Å². The third-order valence-corrected chi connectivity index (χ3v) is 8.83. The van der Waals surface area contributed by atoms with E-state index in [1.807, 2.05) is 0 Å². The maximum Gasteiger partial charge on any atom is 0.0896 e. The van der Waals surface area contributed by atoms with Crippen LogP contribution in [0.25, 0.3) is 0 Å².